The molecule has 0 N–H and O–H groups in total. The van der Waals surface area contributed by atoms with E-state index in [0.29, 0.717) is 6.10 Å². The number of imidazole rings is 1. The summed E-state index contributed by atoms with van der Waals surface area (Å²) < 4.78 is 18.7. The van der Waals surface area contributed by atoms with Crippen LogP contribution in [0.1, 0.15) is 24.1 Å². The summed E-state index contributed by atoms with van der Waals surface area (Å²) in [6.45, 7) is 3.45. The zero-order valence-electron chi connectivity index (χ0n) is 15.3. The van der Waals surface area contributed by atoms with Crippen molar-refractivity contribution < 1.29 is 14.2 Å². The first-order valence-corrected chi connectivity index (χ1v) is 8.69. The van der Waals surface area contributed by atoms with E-state index in [0.717, 1.165) is 50.6 Å². The number of methoxy groups -OCH3 is 2. The first-order chi connectivity index (χ1) is 12.2. The molecule has 0 saturated carbocycles. The molecule has 136 valence electrons. The summed E-state index contributed by atoms with van der Waals surface area (Å²) in [6.07, 6.45) is 6.37. The fraction of sp³-hybridized carbons (Fsp3) is 0.526. The van der Waals surface area contributed by atoms with Gasteiger partial charge in [-0.2, -0.15) is 0 Å². The topological polar surface area (TPSA) is 48.8 Å². The normalized spacial score (nSPS) is 17.2. The Balaban J connectivity index is 1.75. The number of nitrogens with zero attached hydrogens (tertiary/aromatic N) is 3. The van der Waals surface area contributed by atoms with Crippen LogP contribution in [0.5, 0.6) is 11.5 Å². The van der Waals surface area contributed by atoms with E-state index in [2.05, 4.69) is 20.5 Å². The molecule has 0 bridgehead atoms. The van der Waals surface area contributed by atoms with Crippen LogP contribution in [0, 0.1) is 0 Å². The van der Waals surface area contributed by atoms with Crippen LogP contribution in [0.4, 0.5) is 0 Å². The van der Waals surface area contributed by atoms with E-state index >= 15 is 0 Å². The largest absolute Gasteiger partial charge is 0.493 e. The number of ether oxygens (including phenoxy) is 3. The van der Waals surface area contributed by atoms with E-state index < -0.39 is 0 Å². The number of rotatable bonds is 8. The van der Waals surface area contributed by atoms with Crippen molar-refractivity contribution in [3.05, 3.63) is 42.0 Å². The van der Waals surface area contributed by atoms with E-state index in [4.69, 9.17) is 14.2 Å². The van der Waals surface area contributed by atoms with E-state index in [1.807, 2.05) is 31.7 Å². The lowest BCUT2D eigenvalue weighted by molar-refractivity contribution is 0.0671. The number of aromatic nitrogens is 2. The Morgan fingerprint density at radius 2 is 2.08 bits per heavy atom. The number of aryl methyl sites for hydroxylation is 1. The van der Waals surface area contributed by atoms with Gasteiger partial charge in [-0.1, -0.05) is 6.07 Å². The highest BCUT2D eigenvalue weighted by Gasteiger charge is 2.20. The molecule has 0 amide bonds. The molecule has 1 saturated heterocycles. The summed E-state index contributed by atoms with van der Waals surface area (Å²) >= 11 is 0. The lowest BCUT2D eigenvalue weighted by atomic mass is 10.1. The Labute approximate surface area is 149 Å². The second-order valence-electron chi connectivity index (χ2n) is 6.49. The van der Waals surface area contributed by atoms with Gasteiger partial charge in [0.1, 0.15) is 0 Å². The van der Waals surface area contributed by atoms with Gasteiger partial charge in [0.25, 0.3) is 0 Å². The Kier molecular flexibility index (Phi) is 5.94. The van der Waals surface area contributed by atoms with Crippen molar-refractivity contribution in [3.8, 4) is 11.5 Å². The van der Waals surface area contributed by atoms with Gasteiger partial charge in [-0.15, -0.1) is 0 Å². The minimum Gasteiger partial charge on any atom is -0.493 e. The standard InChI is InChI=1S/C19H27N3O3/c1-21-14-20-10-16(21)12-22(13-17-5-4-8-25-17)11-15-6-7-18(23-2)19(9-15)24-3/h6-7,9-10,14,17H,4-5,8,11-13H2,1-3H3/t17-/m0/s1. The second kappa shape index (κ2) is 8.36. The fourth-order valence-electron chi connectivity index (χ4n) is 3.26. The lowest BCUT2D eigenvalue weighted by Gasteiger charge is -2.25. The molecule has 25 heavy (non-hydrogen) atoms. The molecule has 6 heteroatoms. The molecular weight excluding hydrogens is 318 g/mol. The third-order valence-corrected chi connectivity index (χ3v) is 4.64. The van der Waals surface area contributed by atoms with Crippen molar-refractivity contribution in [3.63, 3.8) is 0 Å². The van der Waals surface area contributed by atoms with Crippen LogP contribution in [0.15, 0.2) is 30.7 Å². The summed E-state index contributed by atoms with van der Waals surface area (Å²) in [5.41, 5.74) is 2.39. The molecule has 3 rings (SSSR count). The molecule has 1 atom stereocenters. The van der Waals surface area contributed by atoms with Crippen LogP contribution in [0.25, 0.3) is 0 Å². The smallest absolute Gasteiger partial charge is 0.161 e. The maximum absolute atomic E-state index is 5.84. The van der Waals surface area contributed by atoms with Gasteiger partial charge < -0.3 is 18.8 Å². The third kappa shape index (κ3) is 4.52. The highest BCUT2D eigenvalue weighted by atomic mass is 16.5. The van der Waals surface area contributed by atoms with Crippen LogP contribution >= 0.6 is 0 Å². The van der Waals surface area contributed by atoms with Crippen LogP contribution in [-0.2, 0) is 24.9 Å². The molecular formula is C19H27N3O3. The number of hydrogen-bond donors (Lipinski definition) is 0. The fourth-order valence-corrected chi connectivity index (χ4v) is 3.26. The number of hydrogen-bond acceptors (Lipinski definition) is 5. The number of benzene rings is 1. The molecule has 2 aromatic rings. The summed E-state index contributed by atoms with van der Waals surface area (Å²) in [5.74, 6) is 1.51. The van der Waals surface area contributed by atoms with Gasteiger partial charge in [0.05, 0.1) is 32.3 Å². The van der Waals surface area contributed by atoms with Gasteiger partial charge in [0.2, 0.25) is 0 Å². The molecule has 1 aromatic heterocycles. The van der Waals surface area contributed by atoms with Crippen LogP contribution in [0.2, 0.25) is 0 Å². The van der Waals surface area contributed by atoms with E-state index in [1.165, 1.54) is 11.3 Å². The van der Waals surface area contributed by atoms with Crippen molar-refractivity contribution in [2.45, 2.75) is 32.0 Å². The van der Waals surface area contributed by atoms with Gasteiger partial charge in [0, 0.05) is 39.5 Å². The zero-order valence-corrected chi connectivity index (χ0v) is 15.3. The average Bonchev–Trinajstić information content (AvgIpc) is 3.27. The molecule has 1 aromatic carbocycles. The van der Waals surface area contributed by atoms with Crippen molar-refractivity contribution in [1.82, 2.24) is 14.5 Å². The van der Waals surface area contributed by atoms with Crippen molar-refractivity contribution in [1.29, 1.82) is 0 Å². The molecule has 0 spiro atoms. The molecule has 2 heterocycles. The average molecular weight is 345 g/mol. The molecule has 0 aliphatic carbocycles. The van der Waals surface area contributed by atoms with Crippen LogP contribution < -0.4 is 9.47 Å². The molecule has 0 unspecified atom stereocenters. The van der Waals surface area contributed by atoms with E-state index in [1.54, 1.807) is 14.2 Å². The Bertz CT molecular complexity index is 680. The molecule has 1 aliphatic heterocycles. The predicted molar refractivity (Wildman–Crippen MR) is 95.8 cm³/mol. The maximum Gasteiger partial charge on any atom is 0.161 e. The molecule has 1 fully saturated rings. The first-order valence-electron chi connectivity index (χ1n) is 8.69. The van der Waals surface area contributed by atoms with Gasteiger partial charge in [-0.05, 0) is 30.5 Å². The minimum atomic E-state index is 0.313. The summed E-state index contributed by atoms with van der Waals surface area (Å²) in [7, 11) is 5.36. The van der Waals surface area contributed by atoms with E-state index in [-0.39, 0.29) is 0 Å². The van der Waals surface area contributed by atoms with Crippen LogP contribution in [-0.4, -0.2) is 47.9 Å². The second-order valence-corrected chi connectivity index (χ2v) is 6.49. The van der Waals surface area contributed by atoms with Crippen molar-refractivity contribution >= 4 is 0 Å². The molecule has 0 radical (unpaired) electrons. The zero-order chi connectivity index (χ0) is 17.6. The van der Waals surface area contributed by atoms with Gasteiger partial charge in [-0.25, -0.2) is 4.98 Å². The Morgan fingerprint density at radius 3 is 2.72 bits per heavy atom. The monoisotopic (exact) mass is 345 g/mol. The SMILES string of the molecule is COc1ccc(CN(Cc2cncn2C)C[C@@H]2CCCO2)cc1OC. The first kappa shape index (κ1) is 17.8. The molecule has 6 nitrogen and oxygen atoms in total. The Hall–Kier alpha value is -2.05. The van der Waals surface area contributed by atoms with Gasteiger partial charge in [-0.3, -0.25) is 4.90 Å². The van der Waals surface area contributed by atoms with Gasteiger partial charge >= 0.3 is 0 Å². The third-order valence-electron chi connectivity index (χ3n) is 4.64. The van der Waals surface area contributed by atoms with E-state index in [9.17, 15) is 0 Å². The summed E-state index contributed by atoms with van der Waals surface area (Å²) in [4.78, 5) is 6.64. The Morgan fingerprint density at radius 1 is 1.24 bits per heavy atom. The highest BCUT2D eigenvalue weighted by molar-refractivity contribution is 5.42. The predicted octanol–water partition coefficient (Wildman–Crippen LogP) is 2.62. The molecule has 1 aliphatic rings. The van der Waals surface area contributed by atoms with Gasteiger partial charge in [0.15, 0.2) is 11.5 Å². The quantitative estimate of drug-likeness (QED) is 0.736. The lowest BCUT2D eigenvalue weighted by Crippen LogP contribution is -2.32. The maximum atomic E-state index is 5.84. The minimum absolute atomic E-state index is 0.313. The summed E-state index contributed by atoms with van der Waals surface area (Å²) in [5, 5.41) is 0. The van der Waals surface area contributed by atoms with Crippen molar-refractivity contribution in [2.75, 3.05) is 27.4 Å². The highest BCUT2D eigenvalue weighted by Crippen LogP contribution is 2.28. The van der Waals surface area contributed by atoms with Crippen molar-refractivity contribution in [2.24, 2.45) is 7.05 Å². The van der Waals surface area contributed by atoms with Crippen LogP contribution in [0.3, 0.4) is 0 Å². The summed E-state index contributed by atoms with van der Waals surface area (Å²) in [6, 6.07) is 6.10.